The lowest BCUT2D eigenvalue weighted by atomic mass is 10.1. The lowest BCUT2D eigenvalue weighted by Crippen LogP contribution is -2.00. The Morgan fingerprint density at radius 3 is 2.62 bits per heavy atom. The van der Waals surface area contributed by atoms with Gasteiger partial charge in [-0.05, 0) is 48.4 Å². The second kappa shape index (κ2) is 5.66. The summed E-state index contributed by atoms with van der Waals surface area (Å²) in [6.07, 6.45) is 1.32. The van der Waals surface area contributed by atoms with E-state index in [-0.39, 0.29) is 5.75 Å². The Balaban J connectivity index is 1.73. The molecule has 0 unspecified atom stereocenters. The van der Waals surface area contributed by atoms with E-state index in [0.717, 1.165) is 22.4 Å². The van der Waals surface area contributed by atoms with Crippen LogP contribution in [-0.2, 0) is 6.54 Å². The molecule has 0 radical (unpaired) electrons. The summed E-state index contributed by atoms with van der Waals surface area (Å²) in [4.78, 5) is 0. The molecule has 5 nitrogen and oxygen atoms in total. The summed E-state index contributed by atoms with van der Waals surface area (Å²) in [5.41, 5.74) is 4.16. The molecule has 0 aliphatic rings. The Labute approximate surface area is 122 Å². The number of hydrogen-bond donors (Lipinski definition) is 2. The van der Waals surface area contributed by atoms with Crippen molar-refractivity contribution in [2.24, 2.45) is 0 Å². The summed E-state index contributed by atoms with van der Waals surface area (Å²) < 4.78 is 5.19. The lowest BCUT2D eigenvalue weighted by Gasteiger charge is -2.10. The molecular weight excluding hydrogens is 266 g/mol. The van der Waals surface area contributed by atoms with Gasteiger partial charge in [-0.2, -0.15) is 0 Å². The van der Waals surface area contributed by atoms with E-state index in [2.05, 4.69) is 15.5 Å². The molecule has 0 aliphatic heterocycles. The summed E-state index contributed by atoms with van der Waals surface area (Å²) in [5.74, 6) is 0.794. The SMILES string of the molecule is Cc1cc(-c2nnco2)ccc1NCc1ccc(O)cc1. The minimum atomic E-state index is 0.277. The van der Waals surface area contributed by atoms with Crippen molar-refractivity contribution in [3.8, 4) is 17.2 Å². The smallest absolute Gasteiger partial charge is 0.247 e. The van der Waals surface area contributed by atoms with E-state index < -0.39 is 0 Å². The predicted octanol–water partition coefficient (Wildman–Crippen LogP) is 3.36. The van der Waals surface area contributed by atoms with Gasteiger partial charge < -0.3 is 14.8 Å². The van der Waals surface area contributed by atoms with Crippen LogP contribution in [0.15, 0.2) is 53.3 Å². The molecule has 1 aromatic heterocycles. The van der Waals surface area contributed by atoms with Gasteiger partial charge >= 0.3 is 0 Å². The standard InChI is InChI=1S/C16H15N3O2/c1-11-8-13(16-19-18-10-21-16)4-7-15(11)17-9-12-2-5-14(20)6-3-12/h2-8,10,17,20H,9H2,1H3. The number of hydrogen-bond acceptors (Lipinski definition) is 5. The molecule has 0 saturated heterocycles. The molecule has 0 atom stereocenters. The molecule has 21 heavy (non-hydrogen) atoms. The van der Waals surface area contributed by atoms with Crippen molar-refractivity contribution in [2.45, 2.75) is 13.5 Å². The molecule has 3 rings (SSSR count). The number of aromatic nitrogens is 2. The van der Waals surface area contributed by atoms with Crippen LogP contribution in [0.25, 0.3) is 11.5 Å². The minimum Gasteiger partial charge on any atom is -0.508 e. The first kappa shape index (κ1) is 13.2. The van der Waals surface area contributed by atoms with Crippen molar-refractivity contribution in [1.82, 2.24) is 10.2 Å². The fourth-order valence-electron chi connectivity index (χ4n) is 2.10. The Morgan fingerprint density at radius 2 is 1.95 bits per heavy atom. The zero-order valence-electron chi connectivity index (χ0n) is 11.6. The summed E-state index contributed by atoms with van der Waals surface area (Å²) in [5, 5.41) is 20.2. The van der Waals surface area contributed by atoms with Gasteiger partial charge in [0.25, 0.3) is 0 Å². The van der Waals surface area contributed by atoms with Gasteiger partial charge in [-0.25, -0.2) is 0 Å². The molecule has 0 fully saturated rings. The number of phenolic OH excluding ortho intramolecular Hbond substituents is 1. The van der Waals surface area contributed by atoms with Crippen LogP contribution in [0.2, 0.25) is 0 Å². The molecule has 2 N–H and O–H groups in total. The number of aryl methyl sites for hydroxylation is 1. The van der Waals surface area contributed by atoms with Gasteiger partial charge in [0.15, 0.2) is 0 Å². The Hall–Kier alpha value is -2.82. The molecule has 0 amide bonds. The van der Waals surface area contributed by atoms with Gasteiger partial charge in [0.2, 0.25) is 12.3 Å². The van der Waals surface area contributed by atoms with Gasteiger partial charge in [-0.3, -0.25) is 0 Å². The third-order valence-electron chi connectivity index (χ3n) is 3.25. The van der Waals surface area contributed by atoms with Crippen LogP contribution < -0.4 is 5.32 Å². The van der Waals surface area contributed by atoms with Crippen molar-refractivity contribution in [1.29, 1.82) is 0 Å². The highest BCUT2D eigenvalue weighted by atomic mass is 16.4. The summed E-state index contributed by atoms with van der Waals surface area (Å²) in [6, 6.07) is 13.1. The van der Waals surface area contributed by atoms with Crippen LogP contribution >= 0.6 is 0 Å². The van der Waals surface area contributed by atoms with Crippen LogP contribution in [0, 0.1) is 6.92 Å². The molecule has 2 aromatic carbocycles. The Morgan fingerprint density at radius 1 is 1.14 bits per heavy atom. The van der Waals surface area contributed by atoms with Crippen molar-refractivity contribution < 1.29 is 9.52 Å². The number of anilines is 1. The predicted molar refractivity (Wildman–Crippen MR) is 79.9 cm³/mol. The van der Waals surface area contributed by atoms with Crippen molar-refractivity contribution in [3.05, 3.63) is 60.0 Å². The molecule has 3 aromatic rings. The Kier molecular flexibility index (Phi) is 3.55. The third-order valence-corrected chi connectivity index (χ3v) is 3.25. The van der Waals surface area contributed by atoms with Crippen LogP contribution in [0.3, 0.4) is 0 Å². The molecule has 5 heteroatoms. The molecule has 0 spiro atoms. The highest BCUT2D eigenvalue weighted by Crippen LogP contribution is 2.23. The van der Waals surface area contributed by atoms with E-state index in [1.54, 1.807) is 12.1 Å². The minimum absolute atomic E-state index is 0.277. The highest BCUT2D eigenvalue weighted by Gasteiger charge is 2.06. The van der Waals surface area contributed by atoms with Crippen LogP contribution in [-0.4, -0.2) is 15.3 Å². The maximum Gasteiger partial charge on any atom is 0.247 e. The first-order valence-corrected chi connectivity index (χ1v) is 6.61. The van der Waals surface area contributed by atoms with Crippen molar-refractivity contribution in [3.63, 3.8) is 0 Å². The molecule has 106 valence electrons. The van der Waals surface area contributed by atoms with E-state index in [0.29, 0.717) is 12.4 Å². The topological polar surface area (TPSA) is 71.2 Å². The quantitative estimate of drug-likeness (QED) is 0.767. The van der Waals surface area contributed by atoms with Crippen LogP contribution in [0.5, 0.6) is 5.75 Å². The van der Waals surface area contributed by atoms with E-state index >= 15 is 0 Å². The number of nitrogens with zero attached hydrogens (tertiary/aromatic N) is 2. The monoisotopic (exact) mass is 281 g/mol. The van der Waals surface area contributed by atoms with Crippen LogP contribution in [0.4, 0.5) is 5.69 Å². The molecule has 0 aliphatic carbocycles. The van der Waals surface area contributed by atoms with Gasteiger partial charge in [-0.15, -0.1) is 10.2 Å². The zero-order valence-corrected chi connectivity index (χ0v) is 11.6. The second-order valence-corrected chi connectivity index (χ2v) is 4.79. The summed E-state index contributed by atoms with van der Waals surface area (Å²) >= 11 is 0. The first-order chi connectivity index (χ1) is 10.2. The van der Waals surface area contributed by atoms with Gasteiger partial charge in [0, 0.05) is 17.8 Å². The maximum atomic E-state index is 9.27. The average Bonchev–Trinajstić information content (AvgIpc) is 3.02. The maximum absolute atomic E-state index is 9.27. The van der Waals surface area contributed by atoms with Gasteiger partial charge in [-0.1, -0.05) is 12.1 Å². The van der Waals surface area contributed by atoms with Crippen molar-refractivity contribution in [2.75, 3.05) is 5.32 Å². The molecule has 0 bridgehead atoms. The van der Waals surface area contributed by atoms with E-state index in [4.69, 9.17) is 4.42 Å². The fraction of sp³-hybridized carbons (Fsp3) is 0.125. The first-order valence-electron chi connectivity index (χ1n) is 6.61. The second-order valence-electron chi connectivity index (χ2n) is 4.79. The van der Waals surface area contributed by atoms with Gasteiger partial charge in [0.1, 0.15) is 5.75 Å². The third kappa shape index (κ3) is 3.02. The zero-order chi connectivity index (χ0) is 14.7. The van der Waals surface area contributed by atoms with E-state index in [9.17, 15) is 5.11 Å². The number of benzene rings is 2. The number of rotatable bonds is 4. The van der Waals surface area contributed by atoms with E-state index in [1.165, 1.54) is 6.39 Å². The number of aromatic hydroxyl groups is 1. The number of nitrogens with one attached hydrogen (secondary N) is 1. The summed E-state index contributed by atoms with van der Waals surface area (Å²) in [7, 11) is 0. The molecule has 1 heterocycles. The molecular formula is C16H15N3O2. The summed E-state index contributed by atoms with van der Waals surface area (Å²) in [6.45, 7) is 2.72. The largest absolute Gasteiger partial charge is 0.508 e. The average molecular weight is 281 g/mol. The van der Waals surface area contributed by atoms with Crippen LogP contribution in [0.1, 0.15) is 11.1 Å². The fourth-order valence-corrected chi connectivity index (χ4v) is 2.10. The highest BCUT2D eigenvalue weighted by molar-refractivity contribution is 5.62. The van der Waals surface area contributed by atoms with Gasteiger partial charge in [0.05, 0.1) is 0 Å². The lowest BCUT2D eigenvalue weighted by molar-refractivity contribution is 0.475. The van der Waals surface area contributed by atoms with Crippen molar-refractivity contribution >= 4 is 5.69 Å². The number of phenols is 1. The molecule has 0 saturated carbocycles. The normalized spacial score (nSPS) is 10.5. The Bertz CT molecular complexity index is 722. The van der Waals surface area contributed by atoms with E-state index in [1.807, 2.05) is 37.3 Å².